The number of benzene rings is 15. The summed E-state index contributed by atoms with van der Waals surface area (Å²) < 4.78 is 10.0. The van der Waals surface area contributed by atoms with Crippen molar-refractivity contribution in [2.45, 2.75) is 45.4 Å². The van der Waals surface area contributed by atoms with Gasteiger partial charge in [0.25, 0.3) is 0 Å². The minimum Gasteiger partial charge on any atom is -0.309 e. The highest BCUT2D eigenvalue weighted by molar-refractivity contribution is 6.29. The Kier molecular flexibility index (Phi) is 13.8. The number of para-hydroxylation sites is 2. The van der Waals surface area contributed by atoms with Crippen LogP contribution < -0.4 is 0 Å². The molecule has 4 nitrogen and oxygen atoms in total. The van der Waals surface area contributed by atoms with Gasteiger partial charge in [-0.2, -0.15) is 0 Å². The first-order valence-electron chi connectivity index (χ1n) is 37.4. The van der Waals surface area contributed by atoms with Crippen molar-refractivity contribution in [2.24, 2.45) is 0 Å². The van der Waals surface area contributed by atoms with Crippen molar-refractivity contribution in [1.82, 2.24) is 18.3 Å². The molecule has 0 fully saturated rings. The maximum absolute atomic E-state index is 4.62. The Balaban J connectivity index is 0.730. The average molecular weight is 1370 g/mol. The zero-order valence-electron chi connectivity index (χ0n) is 60.4. The van der Waals surface area contributed by atoms with E-state index >= 15 is 0 Å². The van der Waals surface area contributed by atoms with Crippen LogP contribution in [0.2, 0.25) is 0 Å². The lowest BCUT2D eigenvalue weighted by atomic mass is 9.81. The van der Waals surface area contributed by atoms with E-state index in [4.69, 9.17) is 0 Å². The fourth-order valence-corrected chi connectivity index (χ4v) is 19.0. The van der Waals surface area contributed by atoms with Crippen LogP contribution in [0.4, 0.5) is 0 Å². The second-order valence-electron chi connectivity index (χ2n) is 30.3. The predicted molar refractivity (Wildman–Crippen MR) is 453 cm³/mol. The van der Waals surface area contributed by atoms with Crippen LogP contribution in [0.3, 0.4) is 0 Å². The van der Waals surface area contributed by atoms with E-state index in [1.54, 1.807) is 0 Å². The number of rotatable bonds is 11. The highest BCUT2D eigenvalue weighted by atomic mass is 15.0. The van der Waals surface area contributed by atoms with Crippen LogP contribution in [-0.2, 0) is 10.8 Å². The van der Waals surface area contributed by atoms with Crippen LogP contribution in [0.25, 0.3) is 189 Å². The Morgan fingerprint density at radius 2 is 0.692 bits per heavy atom. The van der Waals surface area contributed by atoms with E-state index < -0.39 is 0 Å². The lowest BCUT2D eigenvalue weighted by Gasteiger charge is -2.25. The molecule has 107 heavy (non-hydrogen) atoms. The summed E-state index contributed by atoms with van der Waals surface area (Å²) in [5, 5.41) is 8.53. The molecule has 19 aromatic rings. The third kappa shape index (κ3) is 9.22. The van der Waals surface area contributed by atoms with Crippen molar-refractivity contribution < 1.29 is 0 Å². The molecule has 0 saturated carbocycles. The van der Waals surface area contributed by atoms with Crippen LogP contribution >= 0.6 is 0 Å². The average Bonchev–Trinajstić information content (AvgIpc) is 1.55. The first-order valence-corrected chi connectivity index (χ1v) is 37.4. The highest BCUT2D eigenvalue weighted by Crippen LogP contribution is 2.54. The molecule has 4 heterocycles. The number of hydrogen-bond acceptors (Lipinski definition) is 0. The van der Waals surface area contributed by atoms with Crippen molar-refractivity contribution in [3.8, 4) is 101 Å². The molecular weight excluding hydrogens is 1290 g/mol. The number of aromatic nitrogens is 4. The summed E-state index contributed by atoms with van der Waals surface area (Å²) in [5.41, 5.74) is 36.9. The molecular formula is C103H74N4. The Morgan fingerprint density at radius 1 is 0.271 bits per heavy atom. The molecule has 506 valence electrons. The maximum Gasteiger partial charge on any atom is 0.0549 e. The van der Waals surface area contributed by atoms with Gasteiger partial charge in [-0.15, -0.1) is 0 Å². The van der Waals surface area contributed by atoms with Gasteiger partial charge in [0.1, 0.15) is 0 Å². The van der Waals surface area contributed by atoms with Crippen molar-refractivity contribution >= 4 is 88.5 Å². The molecule has 0 unspecified atom stereocenters. The van der Waals surface area contributed by atoms with Gasteiger partial charge in [-0.3, -0.25) is 0 Å². The van der Waals surface area contributed by atoms with Crippen molar-refractivity contribution in [3.63, 3.8) is 0 Å². The molecule has 0 spiro atoms. The molecule has 0 atom stereocenters. The SMILES string of the molecule is C=Cc1c(/C=C\C)n(-c2ccc3c(c2)-c2ccccc2C3(C)C)c2ccc3c(c4cc(-c5ccc(-c6cc(-c7ccccc7)cc(-n7c8ccccc8c8c9c%10ccccc%10n(-c%10cccc%11c%10C(C)(C)c%10ccccc%10-%11)c9ccc87)c6)cc5)ccc4n3-c3cccc(-c4cccc(-c5ccccc5)c4)c3)c12. The number of hydrogen-bond donors (Lipinski definition) is 0. The Labute approximate surface area is 622 Å². The van der Waals surface area contributed by atoms with Gasteiger partial charge in [0, 0.05) is 71.2 Å². The molecule has 0 aliphatic heterocycles. The fraction of sp³-hybridized carbons (Fsp3) is 0.0680. The fourth-order valence-electron chi connectivity index (χ4n) is 19.0. The van der Waals surface area contributed by atoms with Crippen molar-refractivity contribution in [3.05, 3.63) is 374 Å². The quantitative estimate of drug-likeness (QED) is 0.123. The van der Waals surface area contributed by atoms with E-state index in [1.807, 2.05) is 0 Å². The molecule has 0 N–H and O–H groups in total. The summed E-state index contributed by atoms with van der Waals surface area (Å²) >= 11 is 0. The molecule has 2 aliphatic rings. The summed E-state index contributed by atoms with van der Waals surface area (Å²) in [4.78, 5) is 0. The van der Waals surface area contributed by atoms with Crippen LogP contribution in [-0.4, -0.2) is 18.3 Å². The van der Waals surface area contributed by atoms with E-state index in [2.05, 4.69) is 405 Å². The third-order valence-corrected chi connectivity index (χ3v) is 23.8. The van der Waals surface area contributed by atoms with E-state index in [9.17, 15) is 0 Å². The normalized spacial score (nSPS) is 13.4. The van der Waals surface area contributed by atoms with Gasteiger partial charge in [-0.05, 0) is 216 Å². The molecule has 0 bridgehead atoms. The van der Waals surface area contributed by atoms with Crippen molar-refractivity contribution in [2.75, 3.05) is 0 Å². The molecule has 0 saturated heterocycles. The zero-order chi connectivity index (χ0) is 71.6. The van der Waals surface area contributed by atoms with E-state index in [1.165, 1.54) is 132 Å². The van der Waals surface area contributed by atoms with Crippen LogP contribution in [0, 0.1) is 0 Å². The molecule has 2 aliphatic carbocycles. The Hall–Kier alpha value is -13.3. The molecule has 21 rings (SSSR count). The lowest BCUT2D eigenvalue weighted by molar-refractivity contribution is 0.656. The minimum absolute atomic E-state index is 0.113. The Bertz CT molecular complexity index is 7000. The molecule has 4 aromatic heterocycles. The smallest absolute Gasteiger partial charge is 0.0549 e. The van der Waals surface area contributed by atoms with Gasteiger partial charge < -0.3 is 18.3 Å². The zero-order valence-corrected chi connectivity index (χ0v) is 60.4. The second-order valence-corrected chi connectivity index (χ2v) is 30.3. The predicted octanol–water partition coefficient (Wildman–Crippen LogP) is 27.5. The van der Waals surface area contributed by atoms with Crippen molar-refractivity contribution in [1.29, 1.82) is 0 Å². The first kappa shape index (κ1) is 62.3. The van der Waals surface area contributed by atoms with Gasteiger partial charge in [-0.1, -0.05) is 271 Å². The second kappa shape index (κ2) is 23.6. The summed E-state index contributed by atoms with van der Waals surface area (Å²) in [7, 11) is 0. The molecule has 0 radical (unpaired) electrons. The third-order valence-electron chi connectivity index (χ3n) is 23.8. The van der Waals surface area contributed by atoms with Crippen LogP contribution in [0.5, 0.6) is 0 Å². The number of allylic oxidation sites excluding steroid dienone is 1. The summed E-state index contributed by atoms with van der Waals surface area (Å²) in [6, 6.07) is 123. The largest absolute Gasteiger partial charge is 0.309 e. The molecule has 0 amide bonds. The van der Waals surface area contributed by atoms with Gasteiger partial charge in [0.05, 0.1) is 50.0 Å². The standard InChI is InChI=1S/C103H74N4/c1-7-26-88-77(8-2)97-92(105(88)75-50-51-87-83(63-75)79-36-16-19-40-85(79)102(87,3)4)53-54-94-100(97)84-62-71(49-52-91(84)104(94)74-34-24-33-70(59-74)69-32-23-31-68(57-69)64-27-11-9-12-28-64)66-45-47-67(48-46-66)73-58-72(65-29-13-10-14-30-65)60-76(61-73)106-89-42-21-17-37-81(89)98-93(106)55-56-95-99(98)82-38-18-22-43-90(82)107(95)96-44-25-39-80-78-35-15-20-41-86(78)103(5,6)101(80)96/h7-63H,2H2,1,3-6H3/b26-7-. The molecule has 15 aromatic carbocycles. The van der Waals surface area contributed by atoms with E-state index in [-0.39, 0.29) is 10.8 Å². The van der Waals surface area contributed by atoms with E-state index in [0.717, 1.165) is 78.3 Å². The lowest BCUT2D eigenvalue weighted by Crippen LogP contribution is -2.17. The molecule has 4 heteroatoms. The maximum atomic E-state index is 4.62. The summed E-state index contributed by atoms with van der Waals surface area (Å²) in [5.74, 6) is 0. The van der Waals surface area contributed by atoms with Gasteiger partial charge in [0.2, 0.25) is 0 Å². The van der Waals surface area contributed by atoms with Crippen LogP contribution in [0.15, 0.2) is 340 Å². The topological polar surface area (TPSA) is 19.7 Å². The highest BCUT2D eigenvalue weighted by Gasteiger charge is 2.39. The monoisotopic (exact) mass is 1370 g/mol. The first-order chi connectivity index (χ1) is 52.5. The Morgan fingerprint density at radius 3 is 1.36 bits per heavy atom. The summed E-state index contributed by atoms with van der Waals surface area (Å²) in [6.45, 7) is 16.2. The van der Waals surface area contributed by atoms with Crippen LogP contribution in [0.1, 0.15) is 68.1 Å². The van der Waals surface area contributed by atoms with Gasteiger partial charge in [0.15, 0.2) is 0 Å². The number of fused-ring (bicyclic) bond motifs is 18. The summed E-state index contributed by atoms with van der Waals surface area (Å²) in [6.07, 6.45) is 6.52. The van der Waals surface area contributed by atoms with Gasteiger partial charge >= 0.3 is 0 Å². The minimum atomic E-state index is -0.196. The van der Waals surface area contributed by atoms with Gasteiger partial charge in [-0.25, -0.2) is 0 Å². The number of nitrogens with zero attached hydrogens (tertiary/aromatic N) is 4. The van der Waals surface area contributed by atoms with E-state index in [0.29, 0.717) is 0 Å².